The van der Waals surface area contributed by atoms with Crippen molar-refractivity contribution in [1.82, 2.24) is 9.88 Å². The Labute approximate surface area is 222 Å². The summed E-state index contributed by atoms with van der Waals surface area (Å²) in [6.07, 6.45) is 4.85. The molecule has 2 N–H and O–H groups in total. The number of aromatic carboxylic acids is 1. The number of aromatic nitrogens is 1. The number of fused-ring (bicyclic) bond motifs is 1. The molecule has 0 unspecified atom stereocenters. The van der Waals surface area contributed by atoms with Crippen LogP contribution >= 0.6 is 0 Å². The van der Waals surface area contributed by atoms with E-state index in [4.69, 9.17) is 9.72 Å². The van der Waals surface area contributed by atoms with Gasteiger partial charge in [-0.15, -0.1) is 0 Å². The maximum Gasteiger partial charge on any atom is 0.506 e. The summed E-state index contributed by atoms with van der Waals surface area (Å²) in [5, 5.41) is 19.8. The zero-order valence-corrected chi connectivity index (χ0v) is 21.7. The highest BCUT2D eigenvalue weighted by Crippen LogP contribution is 2.35. The lowest BCUT2D eigenvalue weighted by Crippen LogP contribution is -2.46. The van der Waals surface area contributed by atoms with E-state index in [1.54, 1.807) is 35.2 Å². The van der Waals surface area contributed by atoms with E-state index in [0.717, 1.165) is 43.1 Å². The van der Waals surface area contributed by atoms with Gasteiger partial charge in [0.25, 0.3) is 0 Å². The standard InChI is InChI=1S/C30H34N2O6/c1-2-3-4-11-27(33)32(20-30(38-29(36)37)16-7-8-17-30)19-21-12-14-25-22(18-21)13-15-26(31-25)23-9-5-6-10-24(23)28(34)35/h5-6,9-10,12-15,18H,2-4,7-8,11,16-17,19-20H2,1H3,(H,34,35)(H,36,37). The number of hydrogen-bond acceptors (Lipinski definition) is 5. The van der Waals surface area contributed by atoms with Crippen molar-refractivity contribution in [3.63, 3.8) is 0 Å². The van der Waals surface area contributed by atoms with Crippen molar-refractivity contribution in [3.05, 3.63) is 65.7 Å². The van der Waals surface area contributed by atoms with Gasteiger partial charge in [-0.2, -0.15) is 0 Å². The van der Waals surface area contributed by atoms with Crippen molar-refractivity contribution in [1.29, 1.82) is 0 Å². The summed E-state index contributed by atoms with van der Waals surface area (Å²) in [6.45, 7) is 2.67. The highest BCUT2D eigenvalue weighted by atomic mass is 16.7. The monoisotopic (exact) mass is 518 g/mol. The van der Waals surface area contributed by atoms with Crippen LogP contribution in [0, 0.1) is 0 Å². The Morgan fingerprint density at radius 1 is 1.00 bits per heavy atom. The lowest BCUT2D eigenvalue weighted by atomic mass is 9.99. The smallest absolute Gasteiger partial charge is 0.478 e. The number of pyridine rings is 1. The van der Waals surface area contributed by atoms with Gasteiger partial charge in [-0.3, -0.25) is 4.79 Å². The molecule has 2 aromatic carbocycles. The van der Waals surface area contributed by atoms with Crippen LogP contribution in [0.4, 0.5) is 4.79 Å². The van der Waals surface area contributed by atoms with Crippen LogP contribution in [0.25, 0.3) is 22.2 Å². The summed E-state index contributed by atoms with van der Waals surface area (Å²) >= 11 is 0. The van der Waals surface area contributed by atoms with Gasteiger partial charge in [0, 0.05) is 23.9 Å². The molecule has 1 aromatic heterocycles. The summed E-state index contributed by atoms with van der Waals surface area (Å²) in [5.74, 6) is -1.01. The number of ether oxygens (including phenoxy) is 1. The van der Waals surface area contributed by atoms with E-state index < -0.39 is 17.7 Å². The number of hydrogen-bond donors (Lipinski definition) is 2. The van der Waals surface area contributed by atoms with E-state index in [1.807, 2.05) is 24.3 Å². The summed E-state index contributed by atoms with van der Waals surface area (Å²) < 4.78 is 5.37. The zero-order valence-electron chi connectivity index (χ0n) is 21.7. The van der Waals surface area contributed by atoms with E-state index in [-0.39, 0.29) is 18.0 Å². The normalized spacial score (nSPS) is 14.3. The maximum absolute atomic E-state index is 13.3. The van der Waals surface area contributed by atoms with Crippen LogP contribution in [-0.4, -0.2) is 50.3 Å². The van der Waals surface area contributed by atoms with E-state index in [1.165, 1.54) is 0 Å². The molecule has 1 heterocycles. The fourth-order valence-electron chi connectivity index (χ4n) is 5.30. The van der Waals surface area contributed by atoms with E-state index in [2.05, 4.69) is 6.92 Å². The molecule has 0 atom stereocenters. The minimum Gasteiger partial charge on any atom is -0.478 e. The summed E-state index contributed by atoms with van der Waals surface area (Å²) in [4.78, 5) is 42.8. The molecule has 1 fully saturated rings. The van der Waals surface area contributed by atoms with Gasteiger partial charge in [0.05, 0.1) is 23.3 Å². The number of nitrogens with zero attached hydrogens (tertiary/aromatic N) is 2. The molecule has 200 valence electrons. The first-order valence-corrected chi connectivity index (χ1v) is 13.2. The summed E-state index contributed by atoms with van der Waals surface area (Å²) in [6, 6.07) is 16.2. The van der Waals surface area contributed by atoms with Crippen LogP contribution in [0.3, 0.4) is 0 Å². The van der Waals surface area contributed by atoms with Crippen LogP contribution in [0.5, 0.6) is 0 Å². The molecule has 1 saturated carbocycles. The largest absolute Gasteiger partial charge is 0.506 e. The van der Waals surface area contributed by atoms with Crippen molar-refractivity contribution < 1.29 is 29.3 Å². The average Bonchev–Trinajstić information content (AvgIpc) is 3.35. The third-order valence-electron chi connectivity index (χ3n) is 7.20. The molecule has 0 saturated heterocycles. The lowest BCUT2D eigenvalue weighted by Gasteiger charge is -2.34. The topological polar surface area (TPSA) is 117 Å². The third kappa shape index (κ3) is 6.49. The van der Waals surface area contributed by atoms with Crippen LogP contribution < -0.4 is 0 Å². The Balaban J connectivity index is 1.59. The van der Waals surface area contributed by atoms with Crippen molar-refractivity contribution in [3.8, 4) is 11.3 Å². The second-order valence-electron chi connectivity index (χ2n) is 10.0. The number of carbonyl (C=O) groups is 3. The first-order valence-electron chi connectivity index (χ1n) is 13.2. The van der Waals surface area contributed by atoms with Crippen molar-refractivity contribution in [2.24, 2.45) is 0 Å². The average molecular weight is 519 g/mol. The molecule has 0 aliphatic heterocycles. The molecule has 1 aliphatic rings. The van der Waals surface area contributed by atoms with Gasteiger partial charge in [-0.05, 0) is 61.9 Å². The Kier molecular flexibility index (Phi) is 8.61. The van der Waals surface area contributed by atoms with Crippen LogP contribution in [0.2, 0.25) is 0 Å². The number of carbonyl (C=O) groups excluding carboxylic acids is 1. The van der Waals surface area contributed by atoms with Crippen molar-refractivity contribution in [2.75, 3.05) is 6.54 Å². The quantitative estimate of drug-likeness (QED) is 0.219. The fraction of sp³-hybridized carbons (Fsp3) is 0.400. The number of amides is 1. The fourth-order valence-corrected chi connectivity index (χ4v) is 5.30. The number of rotatable bonds is 11. The second-order valence-corrected chi connectivity index (χ2v) is 10.0. The molecule has 0 spiro atoms. The predicted octanol–water partition coefficient (Wildman–Crippen LogP) is 6.52. The van der Waals surface area contributed by atoms with Gasteiger partial charge in [0.2, 0.25) is 5.91 Å². The Hall–Kier alpha value is -3.94. The summed E-state index contributed by atoms with van der Waals surface area (Å²) in [7, 11) is 0. The Bertz CT molecular complexity index is 1320. The minimum atomic E-state index is -1.30. The van der Waals surface area contributed by atoms with Crippen LogP contribution in [0.1, 0.15) is 74.2 Å². The van der Waals surface area contributed by atoms with E-state index >= 15 is 0 Å². The van der Waals surface area contributed by atoms with Crippen LogP contribution in [-0.2, 0) is 16.1 Å². The van der Waals surface area contributed by atoms with Gasteiger partial charge >= 0.3 is 12.1 Å². The Morgan fingerprint density at radius 3 is 2.47 bits per heavy atom. The predicted molar refractivity (Wildman–Crippen MR) is 144 cm³/mol. The molecule has 4 rings (SSSR count). The van der Waals surface area contributed by atoms with E-state index in [9.17, 15) is 24.6 Å². The highest BCUT2D eigenvalue weighted by molar-refractivity contribution is 5.96. The molecule has 0 bridgehead atoms. The third-order valence-corrected chi connectivity index (χ3v) is 7.20. The highest BCUT2D eigenvalue weighted by Gasteiger charge is 2.40. The molecular formula is C30H34N2O6. The summed E-state index contributed by atoms with van der Waals surface area (Å²) in [5.41, 5.74) is 2.08. The van der Waals surface area contributed by atoms with Gasteiger partial charge in [-0.25, -0.2) is 14.6 Å². The minimum absolute atomic E-state index is 0.00226. The van der Waals surface area contributed by atoms with Gasteiger partial charge in [-0.1, -0.05) is 50.1 Å². The SMILES string of the molecule is CCCCCC(=O)N(Cc1ccc2nc(-c3ccccc3C(=O)O)ccc2c1)CC1(OC(=O)O)CCCC1. The van der Waals surface area contributed by atoms with E-state index in [0.29, 0.717) is 42.6 Å². The molecule has 1 amide bonds. The zero-order chi connectivity index (χ0) is 27.1. The molecule has 3 aromatic rings. The first kappa shape index (κ1) is 27.1. The second kappa shape index (κ2) is 12.1. The molecule has 38 heavy (non-hydrogen) atoms. The van der Waals surface area contributed by atoms with Gasteiger partial charge in [0.15, 0.2) is 0 Å². The van der Waals surface area contributed by atoms with Crippen LogP contribution in [0.15, 0.2) is 54.6 Å². The molecule has 8 nitrogen and oxygen atoms in total. The van der Waals surface area contributed by atoms with Crippen molar-refractivity contribution in [2.45, 2.75) is 70.4 Å². The first-order chi connectivity index (χ1) is 18.3. The lowest BCUT2D eigenvalue weighted by molar-refractivity contribution is -0.136. The number of carboxylic acids is 1. The van der Waals surface area contributed by atoms with Gasteiger partial charge < -0.3 is 19.8 Å². The van der Waals surface area contributed by atoms with Crippen molar-refractivity contribution >= 4 is 28.9 Å². The maximum atomic E-state index is 13.3. The molecule has 1 aliphatic carbocycles. The molecule has 8 heteroatoms. The van der Waals surface area contributed by atoms with Gasteiger partial charge in [0.1, 0.15) is 5.60 Å². The number of benzene rings is 2. The number of unbranched alkanes of at least 4 members (excludes halogenated alkanes) is 2. The molecule has 0 radical (unpaired) electrons. The Morgan fingerprint density at radius 2 is 1.76 bits per heavy atom. The molecular weight excluding hydrogens is 484 g/mol. The number of carboxylic acid groups (broad SMARTS) is 2.